The van der Waals surface area contributed by atoms with Crippen molar-refractivity contribution in [2.45, 2.75) is 26.8 Å². The zero-order valence-electron chi connectivity index (χ0n) is 15.5. The quantitative estimate of drug-likeness (QED) is 0.817. The number of methoxy groups -OCH3 is 1. The summed E-state index contributed by atoms with van der Waals surface area (Å²) in [6.45, 7) is 9.79. The number of ether oxygens (including phenoxy) is 1. The fourth-order valence-corrected chi connectivity index (χ4v) is 2.96. The van der Waals surface area contributed by atoms with E-state index in [1.54, 1.807) is 25.3 Å². The van der Waals surface area contributed by atoms with E-state index in [4.69, 9.17) is 4.74 Å². The number of nitrogens with one attached hydrogen (secondary N) is 2. The highest BCUT2D eigenvalue weighted by Gasteiger charge is 2.25. The molecule has 25 heavy (non-hydrogen) atoms. The molecular formula is C18H28N4O3. The molecule has 1 aromatic rings. The monoisotopic (exact) mass is 348 g/mol. The minimum absolute atomic E-state index is 0.0720. The predicted octanol–water partition coefficient (Wildman–Crippen LogP) is 1.62. The average molecular weight is 348 g/mol. The van der Waals surface area contributed by atoms with Gasteiger partial charge in [0.15, 0.2) is 0 Å². The van der Waals surface area contributed by atoms with E-state index in [9.17, 15) is 9.59 Å². The van der Waals surface area contributed by atoms with Crippen molar-refractivity contribution >= 4 is 23.2 Å². The number of piperazine rings is 1. The van der Waals surface area contributed by atoms with Gasteiger partial charge in [0.25, 0.3) is 0 Å². The molecule has 138 valence electrons. The van der Waals surface area contributed by atoms with Crippen LogP contribution in [0, 0.1) is 0 Å². The van der Waals surface area contributed by atoms with Crippen LogP contribution in [0.15, 0.2) is 18.2 Å². The average Bonchev–Trinajstić information content (AvgIpc) is 2.61. The fourth-order valence-electron chi connectivity index (χ4n) is 2.96. The summed E-state index contributed by atoms with van der Waals surface area (Å²) in [5, 5.41) is 5.95. The molecule has 2 rings (SSSR count). The molecule has 0 radical (unpaired) electrons. The summed E-state index contributed by atoms with van der Waals surface area (Å²) in [6.07, 6.45) is 0. The van der Waals surface area contributed by atoms with Crippen molar-refractivity contribution in [2.24, 2.45) is 0 Å². The van der Waals surface area contributed by atoms with E-state index in [2.05, 4.69) is 22.5 Å². The Kier molecular flexibility index (Phi) is 6.64. The maximum absolute atomic E-state index is 12.7. The smallest absolute Gasteiger partial charge is 0.244 e. The molecule has 1 aliphatic heterocycles. The summed E-state index contributed by atoms with van der Waals surface area (Å²) in [4.78, 5) is 28.2. The van der Waals surface area contributed by atoms with Crippen LogP contribution in [0.3, 0.4) is 0 Å². The molecule has 0 aliphatic carbocycles. The zero-order chi connectivity index (χ0) is 18.4. The van der Waals surface area contributed by atoms with Gasteiger partial charge in [0, 0.05) is 38.8 Å². The number of hydrogen-bond acceptors (Lipinski definition) is 5. The van der Waals surface area contributed by atoms with Gasteiger partial charge in [0.1, 0.15) is 11.8 Å². The maximum atomic E-state index is 12.7. The Labute approximate surface area is 149 Å². The van der Waals surface area contributed by atoms with Crippen molar-refractivity contribution in [1.29, 1.82) is 0 Å². The number of carbonyl (C=O) groups is 2. The molecule has 2 N–H and O–H groups in total. The molecule has 1 fully saturated rings. The first-order valence-electron chi connectivity index (χ1n) is 8.68. The minimum atomic E-state index is -0.380. The number of amides is 2. The van der Waals surface area contributed by atoms with Crippen molar-refractivity contribution < 1.29 is 14.3 Å². The second kappa shape index (κ2) is 8.71. The molecule has 1 atom stereocenters. The summed E-state index contributed by atoms with van der Waals surface area (Å²) in [5.41, 5.74) is 1.34. The van der Waals surface area contributed by atoms with E-state index >= 15 is 0 Å². The highest BCUT2D eigenvalue weighted by molar-refractivity contribution is 5.90. The van der Waals surface area contributed by atoms with Gasteiger partial charge in [-0.2, -0.15) is 0 Å². The van der Waals surface area contributed by atoms with Gasteiger partial charge < -0.3 is 25.2 Å². The Bertz CT molecular complexity index is 612. The van der Waals surface area contributed by atoms with Crippen LogP contribution in [0.25, 0.3) is 0 Å². The zero-order valence-corrected chi connectivity index (χ0v) is 15.5. The van der Waals surface area contributed by atoms with Gasteiger partial charge in [-0.15, -0.1) is 0 Å². The normalized spacial score (nSPS) is 16.2. The molecule has 0 saturated carbocycles. The van der Waals surface area contributed by atoms with Gasteiger partial charge in [-0.3, -0.25) is 9.59 Å². The van der Waals surface area contributed by atoms with Crippen molar-refractivity contribution in [2.75, 3.05) is 50.5 Å². The minimum Gasteiger partial charge on any atom is -0.495 e. The van der Waals surface area contributed by atoms with E-state index in [-0.39, 0.29) is 17.9 Å². The van der Waals surface area contributed by atoms with Crippen LogP contribution in [0.5, 0.6) is 5.75 Å². The molecule has 0 bridgehead atoms. The van der Waals surface area contributed by atoms with E-state index in [1.165, 1.54) is 6.92 Å². The first-order chi connectivity index (χ1) is 11.9. The Morgan fingerprint density at radius 1 is 1.24 bits per heavy atom. The molecule has 1 heterocycles. The molecular weight excluding hydrogens is 320 g/mol. The van der Waals surface area contributed by atoms with Crippen LogP contribution in [0.2, 0.25) is 0 Å². The second-order valence-electron chi connectivity index (χ2n) is 6.22. The standard InChI is InChI=1S/C18H28N4O3/c1-5-21-8-10-22(11-9-21)18(24)13(2)19-16-12-15(20-14(3)23)6-7-17(16)25-4/h6-7,12-13,19H,5,8-11H2,1-4H3,(H,20,23)/t13-/m0/s1. The van der Waals surface area contributed by atoms with Crippen LogP contribution in [0.1, 0.15) is 20.8 Å². The summed E-state index contributed by atoms with van der Waals surface area (Å²) < 4.78 is 5.35. The van der Waals surface area contributed by atoms with Gasteiger partial charge in [0.2, 0.25) is 11.8 Å². The second-order valence-corrected chi connectivity index (χ2v) is 6.22. The topological polar surface area (TPSA) is 73.9 Å². The number of hydrogen-bond donors (Lipinski definition) is 2. The third-order valence-corrected chi connectivity index (χ3v) is 4.39. The fraction of sp³-hybridized carbons (Fsp3) is 0.556. The van der Waals surface area contributed by atoms with Crippen LogP contribution in [0.4, 0.5) is 11.4 Å². The van der Waals surface area contributed by atoms with Gasteiger partial charge in [-0.1, -0.05) is 6.92 Å². The molecule has 0 spiro atoms. The molecule has 7 heteroatoms. The van der Waals surface area contributed by atoms with E-state index in [0.29, 0.717) is 17.1 Å². The highest BCUT2D eigenvalue weighted by atomic mass is 16.5. The van der Waals surface area contributed by atoms with Gasteiger partial charge in [-0.25, -0.2) is 0 Å². The van der Waals surface area contributed by atoms with Crippen molar-refractivity contribution in [3.05, 3.63) is 18.2 Å². The lowest BCUT2D eigenvalue weighted by Gasteiger charge is -2.35. The molecule has 0 unspecified atom stereocenters. The maximum Gasteiger partial charge on any atom is 0.244 e. The van der Waals surface area contributed by atoms with Crippen LogP contribution < -0.4 is 15.4 Å². The predicted molar refractivity (Wildman–Crippen MR) is 99.1 cm³/mol. The first kappa shape index (κ1) is 19.1. The first-order valence-corrected chi connectivity index (χ1v) is 8.68. The van der Waals surface area contributed by atoms with Crippen molar-refractivity contribution in [3.8, 4) is 5.75 Å². The SMILES string of the molecule is CCN1CCN(C(=O)[C@H](C)Nc2cc(NC(C)=O)ccc2OC)CC1. The number of carbonyl (C=O) groups excluding carboxylic acids is 2. The molecule has 2 amide bonds. The van der Waals surface area contributed by atoms with Crippen molar-refractivity contribution in [3.63, 3.8) is 0 Å². The Hall–Kier alpha value is -2.28. The molecule has 0 aromatic heterocycles. The number of benzene rings is 1. The molecule has 1 saturated heterocycles. The summed E-state index contributed by atoms with van der Waals surface area (Å²) in [6, 6.07) is 4.93. The Morgan fingerprint density at radius 3 is 2.48 bits per heavy atom. The highest BCUT2D eigenvalue weighted by Crippen LogP contribution is 2.28. The van der Waals surface area contributed by atoms with Gasteiger partial charge >= 0.3 is 0 Å². The summed E-state index contributed by atoms with van der Waals surface area (Å²) in [7, 11) is 1.58. The van der Waals surface area contributed by atoms with Crippen LogP contribution in [-0.4, -0.2) is 67.5 Å². The molecule has 7 nitrogen and oxygen atoms in total. The van der Waals surface area contributed by atoms with Crippen LogP contribution in [-0.2, 0) is 9.59 Å². The lowest BCUT2D eigenvalue weighted by Crippen LogP contribution is -2.52. The van der Waals surface area contributed by atoms with E-state index < -0.39 is 0 Å². The Balaban J connectivity index is 2.04. The molecule has 1 aliphatic rings. The van der Waals surface area contributed by atoms with E-state index in [0.717, 1.165) is 32.7 Å². The number of likely N-dealkylation sites (N-methyl/N-ethyl adjacent to an activating group) is 1. The van der Waals surface area contributed by atoms with E-state index in [1.807, 2.05) is 11.8 Å². The van der Waals surface area contributed by atoms with Crippen molar-refractivity contribution in [1.82, 2.24) is 9.80 Å². The largest absolute Gasteiger partial charge is 0.495 e. The number of nitrogens with zero attached hydrogens (tertiary/aromatic N) is 2. The van der Waals surface area contributed by atoms with Crippen LogP contribution >= 0.6 is 0 Å². The summed E-state index contributed by atoms with van der Waals surface area (Å²) >= 11 is 0. The lowest BCUT2D eigenvalue weighted by molar-refractivity contribution is -0.133. The lowest BCUT2D eigenvalue weighted by atomic mass is 10.2. The van der Waals surface area contributed by atoms with Gasteiger partial charge in [0.05, 0.1) is 12.8 Å². The number of rotatable bonds is 6. The molecule has 1 aromatic carbocycles. The number of anilines is 2. The Morgan fingerprint density at radius 2 is 1.92 bits per heavy atom. The summed E-state index contributed by atoms with van der Waals surface area (Å²) in [5.74, 6) is 0.557. The third kappa shape index (κ3) is 5.09. The van der Waals surface area contributed by atoms with Gasteiger partial charge in [-0.05, 0) is 31.7 Å². The third-order valence-electron chi connectivity index (χ3n) is 4.39.